The Hall–Kier alpha value is -1.93. The van der Waals surface area contributed by atoms with Crippen LogP contribution in [0.4, 0.5) is 5.00 Å². The standard InChI is InChI=1S/C18H26N2O5S/c1-5-25-18(23)15-11(2)12(3)26-16(15)19-14(21)10-20-8-6-13(7-9-20)17(22)24-4/h13H,5-10H2,1-4H3,(H,19,21). The lowest BCUT2D eigenvalue weighted by molar-refractivity contribution is -0.147. The number of esters is 2. The molecular formula is C18H26N2O5S. The molecule has 8 heteroatoms. The zero-order valence-corrected chi connectivity index (χ0v) is 16.5. The molecule has 7 nitrogen and oxygen atoms in total. The number of thiophene rings is 1. The normalized spacial score (nSPS) is 15.5. The summed E-state index contributed by atoms with van der Waals surface area (Å²) < 4.78 is 9.88. The second-order valence-corrected chi connectivity index (χ2v) is 7.55. The monoisotopic (exact) mass is 382 g/mol. The first-order valence-electron chi connectivity index (χ1n) is 8.74. The Morgan fingerprint density at radius 2 is 1.88 bits per heavy atom. The number of hydrogen-bond donors (Lipinski definition) is 1. The van der Waals surface area contributed by atoms with Gasteiger partial charge < -0.3 is 14.8 Å². The van der Waals surface area contributed by atoms with Gasteiger partial charge in [0.25, 0.3) is 0 Å². The minimum atomic E-state index is -0.413. The minimum absolute atomic E-state index is 0.0858. The van der Waals surface area contributed by atoms with Gasteiger partial charge in [0.15, 0.2) is 0 Å². The number of likely N-dealkylation sites (tertiary alicyclic amines) is 1. The van der Waals surface area contributed by atoms with Gasteiger partial charge in [0.1, 0.15) is 5.00 Å². The molecule has 1 aliphatic rings. The van der Waals surface area contributed by atoms with Crippen LogP contribution in [0.2, 0.25) is 0 Å². The highest BCUT2D eigenvalue weighted by Gasteiger charge is 2.27. The second kappa shape index (κ2) is 9.14. The largest absolute Gasteiger partial charge is 0.469 e. The van der Waals surface area contributed by atoms with Crippen molar-refractivity contribution in [2.45, 2.75) is 33.6 Å². The van der Waals surface area contributed by atoms with E-state index in [4.69, 9.17) is 9.47 Å². The third kappa shape index (κ3) is 4.82. The van der Waals surface area contributed by atoms with Crippen LogP contribution in [0.25, 0.3) is 0 Å². The Labute approximate surface area is 157 Å². The third-order valence-electron chi connectivity index (χ3n) is 4.61. The molecule has 0 radical (unpaired) electrons. The predicted octanol–water partition coefficient (Wildman–Crippen LogP) is 2.37. The molecule has 144 valence electrons. The quantitative estimate of drug-likeness (QED) is 0.761. The van der Waals surface area contributed by atoms with Crippen LogP contribution in [-0.2, 0) is 19.1 Å². The summed E-state index contributed by atoms with van der Waals surface area (Å²) in [5.74, 6) is -0.855. The van der Waals surface area contributed by atoms with Gasteiger partial charge >= 0.3 is 11.9 Å². The summed E-state index contributed by atoms with van der Waals surface area (Å²) in [5, 5.41) is 3.38. The topological polar surface area (TPSA) is 84.9 Å². The molecule has 2 heterocycles. The molecule has 2 rings (SSSR count). The zero-order valence-electron chi connectivity index (χ0n) is 15.7. The van der Waals surface area contributed by atoms with Crippen molar-refractivity contribution in [2.24, 2.45) is 5.92 Å². The van der Waals surface area contributed by atoms with E-state index in [9.17, 15) is 14.4 Å². The fourth-order valence-electron chi connectivity index (χ4n) is 3.03. The van der Waals surface area contributed by atoms with E-state index in [-0.39, 0.29) is 30.9 Å². The van der Waals surface area contributed by atoms with Crippen LogP contribution in [0, 0.1) is 19.8 Å². The summed E-state index contributed by atoms with van der Waals surface area (Å²) in [4.78, 5) is 39.1. The Morgan fingerprint density at radius 3 is 2.46 bits per heavy atom. The van der Waals surface area contributed by atoms with Crippen LogP contribution in [0.15, 0.2) is 0 Å². The first kappa shape index (κ1) is 20.4. The molecule has 0 saturated carbocycles. The minimum Gasteiger partial charge on any atom is -0.469 e. The van der Waals surface area contributed by atoms with Gasteiger partial charge in [-0.1, -0.05) is 0 Å². The molecule has 1 N–H and O–H groups in total. The van der Waals surface area contributed by atoms with Gasteiger partial charge in [0.2, 0.25) is 5.91 Å². The molecule has 0 atom stereocenters. The number of nitrogens with one attached hydrogen (secondary N) is 1. The van der Waals surface area contributed by atoms with E-state index in [1.165, 1.54) is 18.4 Å². The first-order chi connectivity index (χ1) is 12.4. The molecule has 0 bridgehead atoms. The molecule has 0 aromatic carbocycles. The molecule has 1 aliphatic heterocycles. The van der Waals surface area contributed by atoms with Crippen LogP contribution in [-0.4, -0.2) is 56.1 Å². The zero-order chi connectivity index (χ0) is 19.3. The highest BCUT2D eigenvalue weighted by Crippen LogP contribution is 2.33. The van der Waals surface area contributed by atoms with Crippen molar-refractivity contribution >= 4 is 34.2 Å². The highest BCUT2D eigenvalue weighted by atomic mass is 32.1. The predicted molar refractivity (Wildman–Crippen MR) is 99.6 cm³/mol. The first-order valence-corrected chi connectivity index (χ1v) is 9.56. The van der Waals surface area contributed by atoms with Gasteiger partial charge in [0, 0.05) is 4.88 Å². The van der Waals surface area contributed by atoms with Gasteiger partial charge in [-0.25, -0.2) is 4.79 Å². The maximum absolute atomic E-state index is 12.4. The van der Waals surface area contributed by atoms with Crippen LogP contribution >= 0.6 is 11.3 Å². The van der Waals surface area contributed by atoms with Crippen LogP contribution in [0.1, 0.15) is 40.6 Å². The Bertz CT molecular complexity index is 677. The van der Waals surface area contributed by atoms with Crippen molar-refractivity contribution in [2.75, 3.05) is 38.7 Å². The van der Waals surface area contributed by atoms with E-state index >= 15 is 0 Å². The van der Waals surface area contributed by atoms with Crippen LogP contribution in [0.3, 0.4) is 0 Å². The number of aryl methyl sites for hydroxylation is 1. The molecular weight excluding hydrogens is 356 g/mol. The average Bonchev–Trinajstić information content (AvgIpc) is 2.88. The van der Waals surface area contributed by atoms with Crippen molar-refractivity contribution in [3.05, 3.63) is 16.0 Å². The molecule has 0 aliphatic carbocycles. The van der Waals surface area contributed by atoms with Crippen LogP contribution < -0.4 is 5.32 Å². The lowest BCUT2D eigenvalue weighted by Gasteiger charge is -2.29. The van der Waals surface area contributed by atoms with Crippen molar-refractivity contribution in [1.29, 1.82) is 0 Å². The van der Waals surface area contributed by atoms with Gasteiger partial charge in [-0.05, 0) is 52.3 Å². The Morgan fingerprint density at radius 1 is 1.23 bits per heavy atom. The lowest BCUT2D eigenvalue weighted by atomic mass is 9.97. The summed E-state index contributed by atoms with van der Waals surface area (Å²) in [6.07, 6.45) is 1.37. The van der Waals surface area contributed by atoms with Gasteiger partial charge in [0.05, 0.1) is 31.7 Å². The fraction of sp³-hybridized carbons (Fsp3) is 0.611. The summed E-state index contributed by atoms with van der Waals surface area (Å²) >= 11 is 1.38. The van der Waals surface area contributed by atoms with Crippen molar-refractivity contribution in [3.8, 4) is 0 Å². The Kier molecular flexibility index (Phi) is 7.16. The van der Waals surface area contributed by atoms with Gasteiger partial charge in [-0.3, -0.25) is 14.5 Å². The fourth-order valence-corrected chi connectivity index (χ4v) is 4.09. The second-order valence-electron chi connectivity index (χ2n) is 6.33. The number of anilines is 1. The van der Waals surface area contributed by atoms with E-state index < -0.39 is 5.97 Å². The number of ether oxygens (including phenoxy) is 2. The highest BCUT2D eigenvalue weighted by molar-refractivity contribution is 7.16. The van der Waals surface area contributed by atoms with Crippen molar-refractivity contribution in [3.63, 3.8) is 0 Å². The summed E-state index contributed by atoms with van der Waals surface area (Å²) in [6, 6.07) is 0. The number of rotatable bonds is 6. The van der Waals surface area contributed by atoms with E-state index in [2.05, 4.69) is 5.32 Å². The smallest absolute Gasteiger partial charge is 0.341 e. The molecule has 0 spiro atoms. The average molecular weight is 382 g/mol. The maximum Gasteiger partial charge on any atom is 0.341 e. The molecule has 26 heavy (non-hydrogen) atoms. The molecule has 0 unspecified atom stereocenters. The van der Waals surface area contributed by atoms with E-state index in [1.807, 2.05) is 18.7 Å². The summed E-state index contributed by atoms with van der Waals surface area (Å²) in [5.41, 5.74) is 1.27. The maximum atomic E-state index is 12.4. The number of methoxy groups -OCH3 is 1. The molecule has 1 amide bonds. The lowest BCUT2D eigenvalue weighted by Crippen LogP contribution is -2.41. The summed E-state index contributed by atoms with van der Waals surface area (Å²) in [7, 11) is 1.40. The van der Waals surface area contributed by atoms with Crippen molar-refractivity contribution < 1.29 is 23.9 Å². The molecule has 1 fully saturated rings. The summed E-state index contributed by atoms with van der Waals surface area (Å²) in [6.45, 7) is 7.37. The number of carbonyl (C=O) groups excluding carboxylic acids is 3. The SMILES string of the molecule is CCOC(=O)c1c(NC(=O)CN2CCC(C(=O)OC)CC2)sc(C)c1C. The van der Waals surface area contributed by atoms with E-state index in [0.717, 1.165) is 10.4 Å². The number of hydrogen-bond acceptors (Lipinski definition) is 7. The van der Waals surface area contributed by atoms with E-state index in [1.54, 1.807) is 6.92 Å². The number of nitrogens with zero attached hydrogens (tertiary/aromatic N) is 1. The number of amides is 1. The van der Waals surface area contributed by atoms with Gasteiger partial charge in [-0.15, -0.1) is 11.3 Å². The van der Waals surface area contributed by atoms with E-state index in [0.29, 0.717) is 36.5 Å². The number of piperidine rings is 1. The third-order valence-corrected chi connectivity index (χ3v) is 5.73. The molecule has 1 saturated heterocycles. The van der Waals surface area contributed by atoms with Crippen LogP contribution in [0.5, 0.6) is 0 Å². The van der Waals surface area contributed by atoms with Crippen molar-refractivity contribution in [1.82, 2.24) is 4.90 Å². The Balaban J connectivity index is 1.96. The molecule has 1 aromatic heterocycles. The molecule has 1 aromatic rings. The number of carbonyl (C=O) groups is 3. The van der Waals surface area contributed by atoms with Gasteiger partial charge in [-0.2, -0.15) is 0 Å².